The van der Waals surface area contributed by atoms with Crippen molar-refractivity contribution in [2.75, 3.05) is 9.80 Å². The van der Waals surface area contributed by atoms with Crippen LogP contribution in [-0.2, 0) is 10.8 Å². The molecule has 0 amide bonds. The lowest BCUT2D eigenvalue weighted by Gasteiger charge is -2.31. The molecule has 124 heavy (non-hydrogen) atoms. The molecule has 1 unspecified atom stereocenters. The number of nitrogens with zero attached hydrogens (tertiary/aromatic N) is 2. The van der Waals surface area contributed by atoms with E-state index in [1.807, 2.05) is 0 Å². The maximum absolute atomic E-state index is 2.46. The minimum Gasteiger partial charge on any atom is -0.310 e. The van der Waals surface area contributed by atoms with E-state index in [-0.39, 0.29) is 0 Å². The second-order valence-corrected chi connectivity index (χ2v) is 33.3. The Hall–Kier alpha value is -16.0. The molecule has 24 rings (SSSR count). The number of hydrogen-bond donors (Lipinski definition) is 0. The summed E-state index contributed by atoms with van der Waals surface area (Å²) in [6.07, 6.45) is 0. The molecule has 20 aromatic carbocycles. The van der Waals surface area contributed by atoms with Crippen molar-refractivity contribution < 1.29 is 0 Å². The van der Waals surface area contributed by atoms with Crippen molar-refractivity contribution in [3.8, 4) is 145 Å². The molecule has 0 fully saturated rings. The van der Waals surface area contributed by atoms with Crippen LogP contribution in [0.3, 0.4) is 0 Å². The second kappa shape index (κ2) is 29.5. The van der Waals surface area contributed by atoms with Crippen LogP contribution < -0.4 is 9.80 Å². The number of fused-ring (bicyclic) bond motifs is 20. The molecule has 0 saturated carbocycles. The van der Waals surface area contributed by atoms with Crippen molar-refractivity contribution in [2.24, 2.45) is 0 Å². The monoisotopic (exact) mass is 1570 g/mol. The van der Waals surface area contributed by atoms with Crippen LogP contribution in [0.15, 0.2) is 485 Å². The highest BCUT2D eigenvalue weighted by Gasteiger charge is 2.54. The van der Waals surface area contributed by atoms with Gasteiger partial charge in [-0.15, -0.1) is 0 Å². The van der Waals surface area contributed by atoms with E-state index in [9.17, 15) is 0 Å². The van der Waals surface area contributed by atoms with Gasteiger partial charge in [-0.05, 0) is 298 Å². The smallest absolute Gasteiger partial charge is 0.0725 e. The van der Waals surface area contributed by atoms with Crippen molar-refractivity contribution in [2.45, 2.75) is 10.8 Å². The summed E-state index contributed by atoms with van der Waals surface area (Å²) < 4.78 is 0. The third kappa shape index (κ3) is 11.6. The van der Waals surface area contributed by atoms with Crippen molar-refractivity contribution >= 4 is 34.1 Å². The Bertz CT molecular complexity index is 7370. The first-order valence-corrected chi connectivity index (χ1v) is 43.1. The molecule has 0 saturated heterocycles. The minimum atomic E-state index is -0.581. The Kier molecular flexibility index (Phi) is 17.1. The molecule has 0 heterocycles. The van der Waals surface area contributed by atoms with Gasteiger partial charge in [0.05, 0.1) is 10.8 Å². The van der Waals surface area contributed by atoms with Crippen LogP contribution in [0.2, 0.25) is 0 Å². The van der Waals surface area contributed by atoms with Crippen molar-refractivity contribution in [1.29, 1.82) is 0 Å². The zero-order valence-electron chi connectivity index (χ0n) is 68.1. The maximum atomic E-state index is 2.46. The first-order valence-electron chi connectivity index (χ1n) is 43.1. The zero-order chi connectivity index (χ0) is 81.8. The summed E-state index contributed by atoms with van der Waals surface area (Å²) in [6, 6.07) is 181. The molecule has 4 aliphatic carbocycles. The molecule has 4 aliphatic rings. The summed E-state index contributed by atoms with van der Waals surface area (Å²) in [6.45, 7) is 0. The van der Waals surface area contributed by atoms with E-state index < -0.39 is 10.8 Å². The van der Waals surface area contributed by atoms with Crippen molar-refractivity contribution in [3.05, 3.63) is 530 Å². The van der Waals surface area contributed by atoms with Crippen LogP contribution in [0.25, 0.3) is 145 Å². The lowest BCUT2D eigenvalue weighted by molar-refractivity contribution is 0.794. The average molecular weight is 1570 g/mol. The summed E-state index contributed by atoms with van der Waals surface area (Å²) in [5.41, 5.74) is 47.3. The largest absolute Gasteiger partial charge is 0.310 e. The fraction of sp³-hybridized carbons (Fsp3) is 0.0164. The molecule has 578 valence electrons. The lowest BCUT2D eigenvalue weighted by Crippen LogP contribution is -2.25. The van der Waals surface area contributed by atoms with E-state index in [0.29, 0.717) is 0 Å². The number of hydrogen-bond acceptors (Lipinski definition) is 2. The van der Waals surface area contributed by atoms with Gasteiger partial charge in [0.1, 0.15) is 0 Å². The summed E-state index contributed by atoms with van der Waals surface area (Å²) in [7, 11) is 0. The first-order chi connectivity index (χ1) is 61.5. The van der Waals surface area contributed by atoms with Crippen LogP contribution in [-0.4, -0.2) is 0 Å². The predicted octanol–water partition coefficient (Wildman–Crippen LogP) is 32.3. The predicted molar refractivity (Wildman–Crippen MR) is 517 cm³/mol. The molecule has 1 atom stereocenters. The van der Waals surface area contributed by atoms with Gasteiger partial charge in [-0.25, -0.2) is 0 Å². The molecule has 2 heteroatoms. The van der Waals surface area contributed by atoms with Gasteiger partial charge in [0, 0.05) is 34.1 Å². The van der Waals surface area contributed by atoms with Crippen molar-refractivity contribution in [3.63, 3.8) is 0 Å². The summed E-state index contributed by atoms with van der Waals surface area (Å²) in [5.74, 6) is 0. The standard InChI is InChI=1S/C122H80N2/c1-6-27-81(28-7-1)87-53-61-98(62-54-87)123(100-65-57-89(58-66-100)96-75-92(82-29-8-2-9-30-82)73-93(76-96)83-31-10-3-11-32-83)103-70-72-118-111(80-103)108-40-19-24-46-115(108)122(118)116-47-25-20-41-109(116)120-104(42-26-48-119(120)122)91-51-49-86(50-52-91)88-55-63-99(64-56-88)124(101-67-59-90(60-68-101)97-77-94(84-33-12-4-13-34-84)74-95(78-97)85-35-14-5-15-36-85)102-69-71-117-110(79-102)107-39-18-23-45-114(107)121(117)112-43-21-16-37-105(112)106-38-17-22-44-113(106)121/h1-80H. The molecule has 2 nitrogen and oxygen atoms in total. The van der Waals surface area contributed by atoms with E-state index in [1.165, 1.54) is 167 Å². The Balaban J connectivity index is 0.586. The van der Waals surface area contributed by atoms with Crippen LogP contribution in [0.1, 0.15) is 44.5 Å². The van der Waals surface area contributed by atoms with Crippen molar-refractivity contribution in [1.82, 2.24) is 0 Å². The Morgan fingerprint density at radius 2 is 0.315 bits per heavy atom. The second-order valence-electron chi connectivity index (χ2n) is 33.3. The van der Waals surface area contributed by atoms with E-state index in [2.05, 4.69) is 495 Å². The van der Waals surface area contributed by atoms with Crippen LogP contribution >= 0.6 is 0 Å². The van der Waals surface area contributed by atoms with Gasteiger partial charge in [0.2, 0.25) is 0 Å². The molecule has 0 N–H and O–H groups in total. The quantitative estimate of drug-likeness (QED) is 0.101. The zero-order valence-corrected chi connectivity index (χ0v) is 68.1. The summed E-state index contributed by atoms with van der Waals surface area (Å²) >= 11 is 0. The van der Waals surface area contributed by atoms with Gasteiger partial charge in [-0.3, -0.25) is 0 Å². The van der Waals surface area contributed by atoms with Gasteiger partial charge in [-0.2, -0.15) is 0 Å². The Labute approximate surface area is 724 Å². The normalized spacial score (nSPS) is 13.6. The minimum absolute atomic E-state index is 0.450. The van der Waals surface area contributed by atoms with Gasteiger partial charge in [-0.1, -0.05) is 376 Å². The summed E-state index contributed by atoms with van der Waals surface area (Å²) in [4.78, 5) is 4.89. The molecule has 0 aromatic heterocycles. The fourth-order valence-electron chi connectivity index (χ4n) is 21.1. The van der Waals surface area contributed by atoms with Crippen LogP contribution in [0, 0.1) is 0 Å². The van der Waals surface area contributed by atoms with E-state index in [0.717, 1.165) is 56.4 Å². The van der Waals surface area contributed by atoms with Gasteiger partial charge in [0.15, 0.2) is 0 Å². The molecule has 0 radical (unpaired) electrons. The Morgan fingerprint density at radius 1 is 0.113 bits per heavy atom. The van der Waals surface area contributed by atoms with Crippen LogP contribution in [0.5, 0.6) is 0 Å². The highest BCUT2D eigenvalue weighted by molar-refractivity contribution is 6.03. The van der Waals surface area contributed by atoms with E-state index in [4.69, 9.17) is 0 Å². The highest BCUT2D eigenvalue weighted by Crippen LogP contribution is 2.66. The molecule has 0 bridgehead atoms. The third-order valence-electron chi connectivity index (χ3n) is 26.7. The maximum Gasteiger partial charge on any atom is 0.0725 e. The average Bonchev–Trinajstić information content (AvgIpc) is 1.51. The number of benzene rings is 20. The Morgan fingerprint density at radius 3 is 0.637 bits per heavy atom. The number of rotatable bonds is 15. The summed E-state index contributed by atoms with van der Waals surface area (Å²) in [5, 5.41) is 0. The topological polar surface area (TPSA) is 6.48 Å². The first kappa shape index (κ1) is 72.1. The van der Waals surface area contributed by atoms with Gasteiger partial charge in [0.25, 0.3) is 0 Å². The third-order valence-corrected chi connectivity index (χ3v) is 26.7. The highest BCUT2D eigenvalue weighted by atomic mass is 15.1. The lowest BCUT2D eigenvalue weighted by atomic mass is 9.70. The van der Waals surface area contributed by atoms with Gasteiger partial charge < -0.3 is 9.80 Å². The van der Waals surface area contributed by atoms with Gasteiger partial charge >= 0.3 is 0 Å². The van der Waals surface area contributed by atoms with E-state index >= 15 is 0 Å². The number of anilines is 6. The fourth-order valence-corrected chi connectivity index (χ4v) is 21.1. The molecular weight excluding hydrogens is 1490 g/mol. The molecular formula is C122H80N2. The molecule has 0 aliphatic heterocycles. The van der Waals surface area contributed by atoms with E-state index in [1.54, 1.807) is 0 Å². The SMILES string of the molecule is c1ccc(-c2ccc(N(c3ccc(-c4cc(-c5ccccc5)cc(-c5ccccc5)c4)cc3)c3ccc4c(c3)-c3ccccc3C43c4ccccc4-c4c(-c5ccc(-c6ccc(N(c7ccc(-c8cc(-c9ccccc9)cc(-c9ccccc9)c8)cc7)c7ccc8c(c7)-c7ccccc7C87c8ccccc8-c8ccccc87)cc6)cc5)cccc43)cc2)cc1. The molecule has 2 spiro atoms. The van der Waals surface area contributed by atoms with Crippen LogP contribution in [0.4, 0.5) is 34.1 Å². The molecule has 20 aromatic rings.